The van der Waals surface area contributed by atoms with Gasteiger partial charge in [0, 0.05) is 16.6 Å². The predicted molar refractivity (Wildman–Crippen MR) is 84.3 cm³/mol. The number of nitrogens with zero attached hydrogens (tertiary/aromatic N) is 1. The molecule has 5 heteroatoms. The van der Waals surface area contributed by atoms with Crippen LogP contribution < -0.4 is 0 Å². The first-order valence-corrected chi connectivity index (χ1v) is 7.34. The maximum atomic E-state index is 10.6. The van der Waals surface area contributed by atoms with Crippen molar-refractivity contribution >= 4 is 33.2 Å². The Balaban J connectivity index is 2.12. The number of aryl methyl sites for hydroxylation is 1. The number of halogens is 2. The minimum absolute atomic E-state index is 0.0966. The molecule has 2 rings (SSSR count). The number of non-ortho nitro benzene ring substituents is 1. The highest BCUT2D eigenvalue weighted by molar-refractivity contribution is 9.10. The molecule has 1 unspecified atom stereocenters. The van der Waals surface area contributed by atoms with Crippen LogP contribution in [0.5, 0.6) is 0 Å². The summed E-state index contributed by atoms with van der Waals surface area (Å²) in [7, 11) is 0. The molecule has 0 saturated heterocycles. The first-order valence-electron chi connectivity index (χ1n) is 6.11. The van der Waals surface area contributed by atoms with Crippen LogP contribution in [-0.4, -0.2) is 4.92 Å². The average molecular weight is 355 g/mol. The van der Waals surface area contributed by atoms with Crippen LogP contribution in [0.15, 0.2) is 46.9 Å². The molecule has 3 nitrogen and oxygen atoms in total. The molecule has 0 amide bonds. The van der Waals surface area contributed by atoms with Crippen molar-refractivity contribution in [3.63, 3.8) is 0 Å². The molecule has 0 heterocycles. The summed E-state index contributed by atoms with van der Waals surface area (Å²) in [5.74, 6) is 0. The standard InChI is InChI=1S/C15H13BrClNO2/c1-10-8-12(4-7-14(10)16)15(17)9-11-2-5-13(6-3-11)18(19)20/h2-8,15H,9H2,1H3. The summed E-state index contributed by atoms with van der Waals surface area (Å²) >= 11 is 9.88. The van der Waals surface area contributed by atoms with Crippen LogP contribution in [0.3, 0.4) is 0 Å². The fourth-order valence-electron chi connectivity index (χ4n) is 1.94. The Morgan fingerprint density at radius 1 is 1.25 bits per heavy atom. The molecule has 0 aliphatic carbocycles. The van der Waals surface area contributed by atoms with Crippen LogP contribution in [0.4, 0.5) is 5.69 Å². The molecule has 0 aromatic heterocycles. The molecule has 0 N–H and O–H groups in total. The summed E-state index contributed by atoms with van der Waals surface area (Å²) in [4.78, 5) is 10.2. The molecule has 0 aliphatic heterocycles. The summed E-state index contributed by atoms with van der Waals surface area (Å²) in [5, 5.41) is 10.5. The van der Waals surface area contributed by atoms with Crippen molar-refractivity contribution in [2.75, 3.05) is 0 Å². The molecule has 0 aliphatic rings. The number of hydrogen-bond donors (Lipinski definition) is 0. The highest BCUT2D eigenvalue weighted by atomic mass is 79.9. The molecule has 0 radical (unpaired) electrons. The highest BCUT2D eigenvalue weighted by Crippen LogP contribution is 2.28. The van der Waals surface area contributed by atoms with E-state index < -0.39 is 4.92 Å². The zero-order valence-electron chi connectivity index (χ0n) is 10.8. The normalized spacial score (nSPS) is 12.2. The molecule has 0 spiro atoms. The smallest absolute Gasteiger partial charge is 0.258 e. The third-order valence-corrected chi connectivity index (χ3v) is 4.40. The predicted octanol–water partition coefficient (Wildman–Crippen LogP) is 5.19. The molecule has 0 bridgehead atoms. The van der Waals surface area contributed by atoms with Crippen molar-refractivity contribution in [3.8, 4) is 0 Å². The quantitative estimate of drug-likeness (QED) is 0.431. The van der Waals surface area contributed by atoms with Gasteiger partial charge < -0.3 is 0 Å². The van der Waals surface area contributed by atoms with Gasteiger partial charge in [0.25, 0.3) is 5.69 Å². The van der Waals surface area contributed by atoms with Gasteiger partial charge in [-0.05, 0) is 36.1 Å². The van der Waals surface area contributed by atoms with Crippen LogP contribution in [0.1, 0.15) is 22.1 Å². The summed E-state index contributed by atoms with van der Waals surface area (Å²) in [6, 6.07) is 12.5. The van der Waals surface area contributed by atoms with Gasteiger partial charge >= 0.3 is 0 Å². The second-order valence-electron chi connectivity index (χ2n) is 4.60. The molecular formula is C15H13BrClNO2. The van der Waals surface area contributed by atoms with Gasteiger partial charge in [-0.2, -0.15) is 0 Å². The Morgan fingerprint density at radius 3 is 2.45 bits per heavy atom. The van der Waals surface area contributed by atoms with Crippen LogP contribution in [-0.2, 0) is 6.42 Å². The van der Waals surface area contributed by atoms with E-state index in [1.165, 1.54) is 12.1 Å². The van der Waals surface area contributed by atoms with Gasteiger partial charge in [-0.25, -0.2) is 0 Å². The number of rotatable bonds is 4. The van der Waals surface area contributed by atoms with Crippen LogP contribution in [0.2, 0.25) is 0 Å². The van der Waals surface area contributed by atoms with E-state index in [9.17, 15) is 10.1 Å². The number of hydrogen-bond acceptors (Lipinski definition) is 2. The molecule has 20 heavy (non-hydrogen) atoms. The van der Waals surface area contributed by atoms with E-state index in [1.54, 1.807) is 12.1 Å². The summed E-state index contributed by atoms with van der Waals surface area (Å²) in [6.07, 6.45) is 0.640. The van der Waals surface area contributed by atoms with Gasteiger partial charge in [-0.15, -0.1) is 11.6 Å². The van der Waals surface area contributed by atoms with E-state index in [2.05, 4.69) is 15.9 Å². The zero-order chi connectivity index (χ0) is 14.7. The lowest BCUT2D eigenvalue weighted by molar-refractivity contribution is -0.384. The van der Waals surface area contributed by atoms with Gasteiger partial charge in [-0.3, -0.25) is 10.1 Å². The SMILES string of the molecule is Cc1cc(C(Cl)Cc2ccc([N+](=O)[O-])cc2)ccc1Br. The lowest BCUT2D eigenvalue weighted by Crippen LogP contribution is -1.97. The average Bonchev–Trinajstić information content (AvgIpc) is 2.42. The lowest BCUT2D eigenvalue weighted by atomic mass is 10.0. The molecule has 0 saturated carbocycles. The van der Waals surface area contributed by atoms with E-state index in [0.29, 0.717) is 6.42 Å². The number of nitro benzene ring substituents is 1. The number of benzene rings is 2. The van der Waals surface area contributed by atoms with Crippen molar-refractivity contribution in [1.82, 2.24) is 0 Å². The Bertz CT molecular complexity index is 628. The monoisotopic (exact) mass is 353 g/mol. The number of nitro groups is 1. The third-order valence-electron chi connectivity index (χ3n) is 3.11. The van der Waals surface area contributed by atoms with Crippen molar-refractivity contribution < 1.29 is 4.92 Å². The Kier molecular flexibility index (Phi) is 4.78. The van der Waals surface area contributed by atoms with Crippen LogP contribution in [0.25, 0.3) is 0 Å². The topological polar surface area (TPSA) is 43.1 Å². The van der Waals surface area contributed by atoms with E-state index in [-0.39, 0.29) is 11.1 Å². The maximum Gasteiger partial charge on any atom is 0.269 e. The van der Waals surface area contributed by atoms with Gasteiger partial charge in [0.15, 0.2) is 0 Å². The van der Waals surface area contributed by atoms with Gasteiger partial charge in [-0.1, -0.05) is 40.2 Å². The van der Waals surface area contributed by atoms with Crippen LogP contribution >= 0.6 is 27.5 Å². The van der Waals surface area contributed by atoms with Crippen molar-refractivity contribution in [3.05, 3.63) is 73.7 Å². The Morgan fingerprint density at radius 2 is 1.90 bits per heavy atom. The zero-order valence-corrected chi connectivity index (χ0v) is 13.2. The van der Waals surface area contributed by atoms with E-state index in [1.807, 2.05) is 25.1 Å². The van der Waals surface area contributed by atoms with Crippen LogP contribution in [0, 0.1) is 17.0 Å². The molecule has 2 aromatic rings. The lowest BCUT2D eigenvalue weighted by Gasteiger charge is -2.11. The van der Waals surface area contributed by atoms with Crippen molar-refractivity contribution in [2.45, 2.75) is 18.7 Å². The molecule has 104 valence electrons. The van der Waals surface area contributed by atoms with Gasteiger partial charge in [0.05, 0.1) is 10.3 Å². The first kappa shape index (κ1) is 15.0. The van der Waals surface area contributed by atoms with E-state index in [0.717, 1.165) is 21.2 Å². The minimum Gasteiger partial charge on any atom is -0.258 e. The summed E-state index contributed by atoms with van der Waals surface area (Å²) in [6.45, 7) is 2.02. The fourth-order valence-corrected chi connectivity index (χ4v) is 2.50. The largest absolute Gasteiger partial charge is 0.269 e. The van der Waals surface area contributed by atoms with Gasteiger partial charge in [0.2, 0.25) is 0 Å². The summed E-state index contributed by atoms with van der Waals surface area (Å²) in [5.41, 5.74) is 3.26. The Labute approximate surface area is 130 Å². The van der Waals surface area contributed by atoms with Crippen molar-refractivity contribution in [2.24, 2.45) is 0 Å². The molecular weight excluding hydrogens is 342 g/mol. The molecule has 0 fully saturated rings. The van der Waals surface area contributed by atoms with Gasteiger partial charge in [0.1, 0.15) is 0 Å². The van der Waals surface area contributed by atoms with Crippen molar-refractivity contribution in [1.29, 1.82) is 0 Å². The second-order valence-corrected chi connectivity index (χ2v) is 5.99. The highest BCUT2D eigenvalue weighted by Gasteiger charge is 2.11. The molecule has 2 aromatic carbocycles. The van der Waals surface area contributed by atoms with E-state index >= 15 is 0 Å². The maximum absolute atomic E-state index is 10.6. The molecule has 1 atom stereocenters. The second kappa shape index (κ2) is 6.37. The first-order chi connectivity index (χ1) is 9.47. The summed E-state index contributed by atoms with van der Waals surface area (Å²) < 4.78 is 1.06. The third kappa shape index (κ3) is 3.58. The number of alkyl halides is 1. The minimum atomic E-state index is -0.403. The fraction of sp³-hybridized carbons (Fsp3) is 0.200. The Hall–Kier alpha value is -1.39. The van der Waals surface area contributed by atoms with E-state index in [4.69, 9.17) is 11.6 Å².